The molecule has 0 aliphatic heterocycles. The summed E-state index contributed by atoms with van der Waals surface area (Å²) >= 11 is 0. The summed E-state index contributed by atoms with van der Waals surface area (Å²) in [6.07, 6.45) is 0.274. The van der Waals surface area contributed by atoms with E-state index in [0.717, 1.165) is 16.7 Å². The Morgan fingerprint density at radius 1 is 0.824 bits per heavy atom. The van der Waals surface area contributed by atoms with E-state index in [9.17, 15) is 14.4 Å². The van der Waals surface area contributed by atoms with Gasteiger partial charge in [0.05, 0.1) is 0 Å². The van der Waals surface area contributed by atoms with E-state index in [1.807, 2.05) is 67.6 Å². The van der Waals surface area contributed by atoms with Crippen LogP contribution in [0.15, 0.2) is 78.9 Å². The van der Waals surface area contributed by atoms with E-state index in [1.165, 1.54) is 0 Å². The molecule has 0 aromatic heterocycles. The summed E-state index contributed by atoms with van der Waals surface area (Å²) in [5.41, 5.74) is 4.12. The van der Waals surface area contributed by atoms with Gasteiger partial charge < -0.3 is 20.7 Å². The van der Waals surface area contributed by atoms with Crippen molar-refractivity contribution in [2.75, 3.05) is 11.9 Å². The van der Waals surface area contributed by atoms with Gasteiger partial charge in [-0.3, -0.25) is 9.59 Å². The van der Waals surface area contributed by atoms with E-state index in [2.05, 4.69) is 16.0 Å². The van der Waals surface area contributed by atoms with Crippen LogP contribution in [-0.4, -0.2) is 24.5 Å². The molecule has 0 aliphatic rings. The molecule has 3 amide bonds. The molecule has 176 valence electrons. The Morgan fingerprint density at radius 2 is 1.56 bits per heavy atom. The van der Waals surface area contributed by atoms with Crippen molar-refractivity contribution in [3.05, 3.63) is 101 Å². The fraction of sp³-hybridized carbons (Fsp3) is 0.222. The minimum Gasteiger partial charge on any atom is -0.445 e. The molecule has 0 bridgehead atoms. The molecule has 0 saturated carbocycles. The first-order valence-electron chi connectivity index (χ1n) is 11.2. The maximum absolute atomic E-state index is 12.4. The van der Waals surface area contributed by atoms with Crippen molar-refractivity contribution in [3.8, 4) is 0 Å². The molecule has 0 fully saturated rings. The number of ether oxygens (including phenoxy) is 1. The molecule has 0 atom stereocenters. The van der Waals surface area contributed by atoms with Gasteiger partial charge in [-0.1, -0.05) is 60.2 Å². The van der Waals surface area contributed by atoms with Gasteiger partial charge in [0.2, 0.25) is 5.91 Å². The summed E-state index contributed by atoms with van der Waals surface area (Å²) in [7, 11) is 0. The lowest BCUT2D eigenvalue weighted by atomic mass is 10.1. The van der Waals surface area contributed by atoms with Crippen molar-refractivity contribution < 1.29 is 19.1 Å². The van der Waals surface area contributed by atoms with Crippen LogP contribution in [0.3, 0.4) is 0 Å². The third-order valence-electron chi connectivity index (χ3n) is 5.05. The molecule has 0 aliphatic carbocycles. The lowest BCUT2D eigenvalue weighted by Gasteiger charge is -2.10. The van der Waals surface area contributed by atoms with Crippen molar-refractivity contribution in [2.24, 2.45) is 0 Å². The number of amides is 3. The summed E-state index contributed by atoms with van der Waals surface area (Å²) < 4.78 is 5.13. The summed E-state index contributed by atoms with van der Waals surface area (Å²) in [4.78, 5) is 36.2. The number of hydrogen-bond acceptors (Lipinski definition) is 4. The highest BCUT2D eigenvalue weighted by atomic mass is 16.5. The third kappa shape index (κ3) is 8.43. The Hall–Kier alpha value is -4.13. The number of benzene rings is 3. The molecule has 0 spiro atoms. The number of carbonyl (C=O) groups is 3. The summed E-state index contributed by atoms with van der Waals surface area (Å²) in [5.74, 6) is -0.301. The van der Waals surface area contributed by atoms with Gasteiger partial charge in [0.25, 0.3) is 5.91 Å². The maximum Gasteiger partial charge on any atom is 0.407 e. The van der Waals surface area contributed by atoms with E-state index >= 15 is 0 Å². The van der Waals surface area contributed by atoms with Crippen molar-refractivity contribution in [1.29, 1.82) is 0 Å². The van der Waals surface area contributed by atoms with Crippen LogP contribution in [0.2, 0.25) is 0 Å². The van der Waals surface area contributed by atoms with E-state index in [0.29, 0.717) is 30.8 Å². The van der Waals surface area contributed by atoms with Crippen molar-refractivity contribution in [2.45, 2.75) is 32.9 Å². The number of hydrogen-bond donors (Lipinski definition) is 3. The Kier molecular flexibility index (Phi) is 9.22. The second-order valence-corrected chi connectivity index (χ2v) is 7.89. The van der Waals surface area contributed by atoms with Crippen molar-refractivity contribution >= 4 is 23.6 Å². The largest absolute Gasteiger partial charge is 0.445 e. The molecular formula is C27H29N3O4. The van der Waals surface area contributed by atoms with Crippen LogP contribution >= 0.6 is 0 Å². The minimum absolute atomic E-state index is 0.117. The first-order chi connectivity index (χ1) is 16.5. The summed E-state index contributed by atoms with van der Waals surface area (Å²) in [6.45, 7) is 2.87. The highest BCUT2D eigenvalue weighted by Gasteiger charge is 2.07. The summed E-state index contributed by atoms with van der Waals surface area (Å²) in [5, 5.41) is 8.37. The smallest absolute Gasteiger partial charge is 0.407 e. The molecule has 0 radical (unpaired) electrons. The molecule has 0 unspecified atom stereocenters. The Labute approximate surface area is 199 Å². The van der Waals surface area contributed by atoms with Crippen molar-refractivity contribution in [3.63, 3.8) is 0 Å². The SMILES string of the molecule is Cc1ccc(C(=O)Nc2cccc(CNC(=O)CCCNC(=O)OCc3ccccc3)c2)cc1. The van der Waals surface area contributed by atoms with Gasteiger partial charge in [0.1, 0.15) is 6.61 Å². The van der Waals surface area contributed by atoms with Crippen molar-refractivity contribution in [1.82, 2.24) is 10.6 Å². The Balaban J connectivity index is 1.33. The standard InChI is InChI=1S/C27H29N3O4/c1-20-12-14-23(15-13-20)26(32)30-24-10-5-9-22(17-24)18-29-25(31)11-6-16-28-27(33)34-19-21-7-3-2-4-8-21/h2-5,7-10,12-15,17H,6,11,16,18-19H2,1H3,(H,28,33)(H,29,31)(H,30,32). The zero-order valence-corrected chi connectivity index (χ0v) is 19.2. The predicted molar refractivity (Wildman–Crippen MR) is 131 cm³/mol. The van der Waals surface area contributed by atoms with Crippen LogP contribution < -0.4 is 16.0 Å². The highest BCUT2D eigenvalue weighted by Crippen LogP contribution is 2.13. The quantitative estimate of drug-likeness (QED) is 0.387. The molecular weight excluding hydrogens is 430 g/mol. The molecule has 0 heterocycles. The minimum atomic E-state index is -0.506. The monoisotopic (exact) mass is 459 g/mol. The zero-order valence-electron chi connectivity index (χ0n) is 19.2. The van der Waals surface area contributed by atoms with Gasteiger partial charge in [-0.2, -0.15) is 0 Å². The van der Waals surface area contributed by atoms with Gasteiger partial charge in [-0.25, -0.2) is 4.79 Å². The second kappa shape index (κ2) is 12.8. The zero-order chi connectivity index (χ0) is 24.2. The van der Waals surface area contributed by atoms with Gasteiger partial charge in [-0.05, 0) is 48.7 Å². The second-order valence-electron chi connectivity index (χ2n) is 7.89. The van der Waals surface area contributed by atoms with Gasteiger partial charge in [0.15, 0.2) is 0 Å². The number of alkyl carbamates (subject to hydrolysis) is 1. The molecule has 3 aromatic carbocycles. The molecule has 0 saturated heterocycles. The molecule has 7 heteroatoms. The van der Waals surface area contributed by atoms with Gasteiger partial charge in [-0.15, -0.1) is 0 Å². The first-order valence-corrected chi connectivity index (χ1v) is 11.2. The number of nitrogens with one attached hydrogen (secondary N) is 3. The average Bonchev–Trinajstić information content (AvgIpc) is 2.85. The summed E-state index contributed by atoms with van der Waals surface area (Å²) in [6, 6.07) is 24.1. The fourth-order valence-electron chi connectivity index (χ4n) is 3.17. The molecule has 3 N–H and O–H groups in total. The molecule has 3 rings (SSSR count). The first kappa shape index (κ1) is 24.5. The number of carbonyl (C=O) groups excluding carboxylic acids is 3. The van der Waals surface area contributed by atoms with Crippen LogP contribution in [-0.2, 0) is 22.7 Å². The lowest BCUT2D eigenvalue weighted by molar-refractivity contribution is -0.121. The van der Waals surface area contributed by atoms with E-state index in [1.54, 1.807) is 18.2 Å². The molecule has 7 nitrogen and oxygen atoms in total. The highest BCUT2D eigenvalue weighted by molar-refractivity contribution is 6.04. The molecule has 34 heavy (non-hydrogen) atoms. The Morgan fingerprint density at radius 3 is 2.32 bits per heavy atom. The van der Waals surface area contributed by atoms with E-state index in [-0.39, 0.29) is 24.8 Å². The maximum atomic E-state index is 12.4. The van der Waals surface area contributed by atoms with Gasteiger partial charge >= 0.3 is 6.09 Å². The topological polar surface area (TPSA) is 96.5 Å². The van der Waals surface area contributed by atoms with Crippen LogP contribution in [0.1, 0.15) is 39.9 Å². The average molecular weight is 460 g/mol. The normalized spacial score (nSPS) is 10.3. The number of anilines is 1. The predicted octanol–water partition coefficient (Wildman–Crippen LogP) is 4.57. The molecule has 3 aromatic rings. The van der Waals surface area contributed by atoms with Gasteiger partial charge in [0, 0.05) is 30.8 Å². The lowest BCUT2D eigenvalue weighted by Crippen LogP contribution is -2.27. The van der Waals surface area contributed by atoms with Crippen LogP contribution in [0, 0.1) is 6.92 Å². The van der Waals surface area contributed by atoms with E-state index in [4.69, 9.17) is 4.74 Å². The van der Waals surface area contributed by atoms with Crippen LogP contribution in [0.4, 0.5) is 10.5 Å². The number of aryl methyl sites for hydroxylation is 1. The Bertz CT molecular complexity index is 1100. The third-order valence-corrected chi connectivity index (χ3v) is 5.05. The fourth-order valence-corrected chi connectivity index (χ4v) is 3.17. The van der Waals surface area contributed by atoms with Crippen LogP contribution in [0.5, 0.6) is 0 Å². The van der Waals surface area contributed by atoms with E-state index < -0.39 is 6.09 Å². The number of rotatable bonds is 10. The van der Waals surface area contributed by atoms with Crippen LogP contribution in [0.25, 0.3) is 0 Å².